The molecule has 0 saturated carbocycles. The van der Waals surface area contributed by atoms with Gasteiger partial charge in [0.05, 0.1) is 18.0 Å². The molecule has 0 unspecified atom stereocenters. The van der Waals surface area contributed by atoms with Crippen molar-refractivity contribution >= 4 is 21.6 Å². The first kappa shape index (κ1) is 21.2. The Labute approximate surface area is 172 Å². The van der Waals surface area contributed by atoms with E-state index in [0.717, 1.165) is 24.7 Å². The van der Waals surface area contributed by atoms with Crippen LogP contribution in [0.1, 0.15) is 42.5 Å². The van der Waals surface area contributed by atoms with Gasteiger partial charge in [-0.25, -0.2) is 8.42 Å². The zero-order valence-corrected chi connectivity index (χ0v) is 18.0. The molecule has 29 heavy (non-hydrogen) atoms. The first-order valence-corrected chi connectivity index (χ1v) is 11.7. The van der Waals surface area contributed by atoms with Crippen molar-refractivity contribution in [3.8, 4) is 5.75 Å². The SMILES string of the molecule is C[C@@H](NC(=O)COc1ccc(N(C)S(C)(=O)=O)cc1)c1ccc2c(c1)CCCC2. The molecule has 1 atom stereocenters. The van der Waals surface area contributed by atoms with Crippen LogP contribution in [-0.4, -0.2) is 34.2 Å². The maximum Gasteiger partial charge on any atom is 0.258 e. The molecule has 2 aromatic carbocycles. The third kappa shape index (κ3) is 5.50. The van der Waals surface area contributed by atoms with E-state index in [1.54, 1.807) is 24.3 Å². The van der Waals surface area contributed by atoms with Crippen molar-refractivity contribution in [3.05, 3.63) is 59.2 Å². The average Bonchev–Trinajstić information content (AvgIpc) is 2.71. The molecule has 2 aromatic rings. The van der Waals surface area contributed by atoms with E-state index in [1.165, 1.54) is 35.3 Å². The number of amides is 1. The summed E-state index contributed by atoms with van der Waals surface area (Å²) in [6, 6.07) is 13.0. The van der Waals surface area contributed by atoms with Gasteiger partial charge >= 0.3 is 0 Å². The van der Waals surface area contributed by atoms with Crippen molar-refractivity contribution in [3.63, 3.8) is 0 Å². The maximum absolute atomic E-state index is 12.3. The fourth-order valence-corrected chi connectivity index (χ4v) is 3.99. The molecule has 1 amide bonds. The summed E-state index contributed by atoms with van der Waals surface area (Å²) in [5.41, 5.74) is 4.45. The van der Waals surface area contributed by atoms with Gasteiger partial charge in [0, 0.05) is 7.05 Å². The average molecular weight is 417 g/mol. The highest BCUT2D eigenvalue weighted by Gasteiger charge is 2.15. The van der Waals surface area contributed by atoms with Gasteiger partial charge in [-0.15, -0.1) is 0 Å². The van der Waals surface area contributed by atoms with Crippen LogP contribution in [0.5, 0.6) is 5.75 Å². The number of fused-ring (bicyclic) bond motifs is 1. The molecule has 0 fully saturated rings. The van der Waals surface area contributed by atoms with E-state index in [-0.39, 0.29) is 18.6 Å². The molecule has 7 heteroatoms. The Bertz CT molecular complexity index is 971. The van der Waals surface area contributed by atoms with Crippen molar-refractivity contribution < 1.29 is 17.9 Å². The third-order valence-electron chi connectivity index (χ3n) is 5.32. The number of benzene rings is 2. The molecule has 1 N–H and O–H groups in total. The molecular weight excluding hydrogens is 388 g/mol. The second kappa shape index (κ2) is 8.86. The van der Waals surface area contributed by atoms with Crippen LogP contribution in [0, 0.1) is 0 Å². The van der Waals surface area contributed by atoms with Crippen molar-refractivity contribution in [2.75, 3.05) is 24.2 Å². The van der Waals surface area contributed by atoms with Gasteiger partial charge in [-0.1, -0.05) is 18.2 Å². The summed E-state index contributed by atoms with van der Waals surface area (Å²) in [4.78, 5) is 12.3. The third-order valence-corrected chi connectivity index (χ3v) is 6.52. The minimum atomic E-state index is -3.31. The molecule has 156 valence electrons. The van der Waals surface area contributed by atoms with Crippen LogP contribution in [0.4, 0.5) is 5.69 Å². The Balaban J connectivity index is 1.53. The second-order valence-corrected chi connectivity index (χ2v) is 9.55. The van der Waals surface area contributed by atoms with Gasteiger partial charge < -0.3 is 10.1 Å². The van der Waals surface area contributed by atoms with Crippen LogP contribution in [0.15, 0.2) is 42.5 Å². The van der Waals surface area contributed by atoms with E-state index in [2.05, 4.69) is 23.5 Å². The van der Waals surface area contributed by atoms with Gasteiger partial charge in [0.15, 0.2) is 6.61 Å². The lowest BCUT2D eigenvalue weighted by Crippen LogP contribution is -2.31. The molecule has 1 aliphatic carbocycles. The number of aryl methyl sites for hydroxylation is 2. The van der Waals surface area contributed by atoms with Crippen molar-refractivity contribution in [1.82, 2.24) is 5.32 Å². The predicted octanol–water partition coefficient (Wildman–Crippen LogP) is 3.22. The van der Waals surface area contributed by atoms with Crippen LogP contribution in [0.3, 0.4) is 0 Å². The predicted molar refractivity (Wildman–Crippen MR) is 115 cm³/mol. The first-order valence-electron chi connectivity index (χ1n) is 9.82. The molecule has 3 rings (SSSR count). The number of carbonyl (C=O) groups excluding carboxylic acids is 1. The summed E-state index contributed by atoms with van der Waals surface area (Å²) in [6.45, 7) is 1.87. The molecule has 0 aliphatic heterocycles. The number of anilines is 1. The van der Waals surface area contributed by atoms with Crippen LogP contribution in [0.25, 0.3) is 0 Å². The zero-order chi connectivity index (χ0) is 21.0. The van der Waals surface area contributed by atoms with Crippen molar-refractivity contribution in [1.29, 1.82) is 0 Å². The van der Waals surface area contributed by atoms with E-state index >= 15 is 0 Å². The highest BCUT2D eigenvalue weighted by molar-refractivity contribution is 7.92. The molecule has 0 saturated heterocycles. The number of rotatable bonds is 7. The van der Waals surface area contributed by atoms with E-state index in [9.17, 15) is 13.2 Å². The highest BCUT2D eigenvalue weighted by atomic mass is 32.2. The van der Waals surface area contributed by atoms with Gasteiger partial charge in [-0.3, -0.25) is 9.10 Å². The van der Waals surface area contributed by atoms with E-state index in [1.807, 2.05) is 6.92 Å². The van der Waals surface area contributed by atoms with Crippen LogP contribution in [-0.2, 0) is 27.7 Å². The monoisotopic (exact) mass is 416 g/mol. The van der Waals surface area contributed by atoms with Gasteiger partial charge in [0.1, 0.15) is 5.75 Å². The molecule has 1 aliphatic rings. The maximum atomic E-state index is 12.3. The molecule has 6 nitrogen and oxygen atoms in total. The molecular formula is C22H28N2O4S. The van der Waals surface area contributed by atoms with E-state index in [4.69, 9.17) is 4.74 Å². The second-order valence-electron chi connectivity index (χ2n) is 7.54. The fraction of sp³-hybridized carbons (Fsp3) is 0.409. The van der Waals surface area contributed by atoms with E-state index < -0.39 is 10.0 Å². The number of nitrogens with zero attached hydrogens (tertiary/aromatic N) is 1. The Morgan fingerprint density at radius 3 is 2.41 bits per heavy atom. The molecule has 0 heterocycles. The van der Waals surface area contributed by atoms with Crippen LogP contribution < -0.4 is 14.4 Å². The first-order chi connectivity index (χ1) is 13.7. The molecule has 0 bridgehead atoms. The topological polar surface area (TPSA) is 75.7 Å². The minimum absolute atomic E-state index is 0.0934. The van der Waals surface area contributed by atoms with Gasteiger partial charge in [0.2, 0.25) is 10.0 Å². The van der Waals surface area contributed by atoms with Crippen molar-refractivity contribution in [2.24, 2.45) is 0 Å². The number of hydrogen-bond donors (Lipinski definition) is 1. The Morgan fingerprint density at radius 2 is 1.76 bits per heavy atom. The number of carbonyl (C=O) groups is 1. The fourth-order valence-electron chi connectivity index (χ4n) is 3.48. The smallest absolute Gasteiger partial charge is 0.258 e. The number of ether oxygens (including phenoxy) is 1. The van der Waals surface area contributed by atoms with Crippen LogP contribution >= 0.6 is 0 Å². The lowest BCUT2D eigenvalue weighted by molar-refractivity contribution is -0.123. The number of sulfonamides is 1. The van der Waals surface area contributed by atoms with Crippen molar-refractivity contribution in [2.45, 2.75) is 38.6 Å². The Kier molecular flexibility index (Phi) is 6.47. The summed E-state index contributed by atoms with van der Waals surface area (Å²) in [5.74, 6) is 0.305. The summed E-state index contributed by atoms with van der Waals surface area (Å²) in [6.07, 6.45) is 5.87. The Morgan fingerprint density at radius 1 is 1.10 bits per heavy atom. The number of nitrogens with one attached hydrogen (secondary N) is 1. The Hall–Kier alpha value is -2.54. The normalized spacial score (nSPS) is 14.6. The minimum Gasteiger partial charge on any atom is -0.484 e. The lowest BCUT2D eigenvalue weighted by atomic mass is 9.89. The van der Waals surface area contributed by atoms with Crippen LogP contribution in [0.2, 0.25) is 0 Å². The van der Waals surface area contributed by atoms with Gasteiger partial charge in [-0.2, -0.15) is 0 Å². The lowest BCUT2D eigenvalue weighted by Gasteiger charge is -2.20. The van der Waals surface area contributed by atoms with Gasteiger partial charge in [0.25, 0.3) is 5.91 Å². The largest absolute Gasteiger partial charge is 0.484 e. The summed E-state index contributed by atoms with van der Waals surface area (Å²) in [5, 5.41) is 2.97. The number of hydrogen-bond acceptors (Lipinski definition) is 4. The summed E-state index contributed by atoms with van der Waals surface area (Å²) in [7, 11) is -1.83. The van der Waals surface area contributed by atoms with E-state index in [0.29, 0.717) is 11.4 Å². The summed E-state index contributed by atoms with van der Waals surface area (Å²) >= 11 is 0. The zero-order valence-electron chi connectivity index (χ0n) is 17.1. The quantitative estimate of drug-likeness (QED) is 0.752. The standard InChI is InChI=1S/C22H28N2O4S/c1-16(18-9-8-17-6-4-5-7-19(17)14-18)23-22(25)15-28-21-12-10-20(11-13-21)24(2)29(3,26)27/h8-14,16H,4-7,15H2,1-3H3,(H,23,25)/t16-/m1/s1. The highest BCUT2D eigenvalue weighted by Crippen LogP contribution is 2.25. The molecule has 0 spiro atoms. The molecule has 0 aromatic heterocycles. The van der Waals surface area contributed by atoms with Gasteiger partial charge in [-0.05, 0) is 73.6 Å². The summed E-state index contributed by atoms with van der Waals surface area (Å²) < 4.78 is 29.9. The molecule has 0 radical (unpaired) electrons.